The molecule has 1 aromatic rings. The van der Waals surface area contributed by atoms with Gasteiger partial charge < -0.3 is 10.4 Å². The van der Waals surface area contributed by atoms with Gasteiger partial charge in [-0.1, -0.05) is 12.8 Å². The molecule has 0 radical (unpaired) electrons. The molecule has 1 aromatic heterocycles. The molecule has 1 saturated carbocycles. The van der Waals surface area contributed by atoms with Crippen LogP contribution in [0.1, 0.15) is 62.0 Å². The molecule has 1 fully saturated rings. The van der Waals surface area contributed by atoms with Gasteiger partial charge in [-0.3, -0.25) is 9.48 Å². The van der Waals surface area contributed by atoms with Crippen molar-refractivity contribution in [3.8, 4) is 0 Å². The molecule has 1 aliphatic rings. The molecular formula is C16H24F3N3O2. The number of alkyl halides is 3. The fourth-order valence-corrected chi connectivity index (χ4v) is 3.53. The Balaban J connectivity index is 2.06. The highest BCUT2D eigenvalue weighted by atomic mass is 19.4. The first-order valence-electron chi connectivity index (χ1n) is 8.13. The van der Waals surface area contributed by atoms with Crippen molar-refractivity contribution in [3.63, 3.8) is 0 Å². The third-order valence-corrected chi connectivity index (χ3v) is 4.60. The number of hydrogen-bond donors (Lipinski definition) is 2. The summed E-state index contributed by atoms with van der Waals surface area (Å²) < 4.78 is 38.7. The van der Waals surface area contributed by atoms with Crippen LogP contribution < -0.4 is 5.32 Å². The van der Waals surface area contributed by atoms with Crippen molar-refractivity contribution in [1.82, 2.24) is 15.1 Å². The highest BCUT2D eigenvalue weighted by Crippen LogP contribution is 2.32. The minimum absolute atomic E-state index is 0.0200. The van der Waals surface area contributed by atoms with E-state index in [-0.39, 0.29) is 12.3 Å². The van der Waals surface area contributed by atoms with E-state index in [0.717, 1.165) is 17.5 Å². The number of amides is 1. The maximum atomic E-state index is 12.6. The third-order valence-electron chi connectivity index (χ3n) is 4.60. The first-order valence-corrected chi connectivity index (χ1v) is 8.13. The molecule has 1 amide bonds. The van der Waals surface area contributed by atoms with Gasteiger partial charge in [0.25, 0.3) is 0 Å². The first kappa shape index (κ1) is 18.8. The van der Waals surface area contributed by atoms with E-state index in [2.05, 4.69) is 10.4 Å². The molecule has 0 aliphatic heterocycles. The summed E-state index contributed by atoms with van der Waals surface area (Å²) >= 11 is 0. The van der Waals surface area contributed by atoms with Crippen LogP contribution in [-0.4, -0.2) is 32.6 Å². The van der Waals surface area contributed by atoms with Gasteiger partial charge in [-0.25, -0.2) is 0 Å². The smallest absolute Gasteiger partial charge is 0.389 e. The van der Waals surface area contributed by atoms with Crippen LogP contribution in [0.15, 0.2) is 0 Å². The Morgan fingerprint density at radius 1 is 1.38 bits per heavy atom. The van der Waals surface area contributed by atoms with E-state index in [1.165, 1.54) is 0 Å². The maximum Gasteiger partial charge on any atom is 0.408 e. The Morgan fingerprint density at radius 3 is 2.50 bits per heavy atom. The fraction of sp³-hybridized carbons (Fsp3) is 0.750. The summed E-state index contributed by atoms with van der Waals surface area (Å²) in [4.78, 5) is 12.2. The molecule has 0 aromatic carbocycles. The average Bonchev–Trinajstić information content (AvgIpc) is 2.92. The maximum absolute atomic E-state index is 12.6. The number of nitrogens with zero attached hydrogens (tertiary/aromatic N) is 2. The second-order valence-electron chi connectivity index (χ2n) is 6.75. The van der Waals surface area contributed by atoms with E-state index < -0.39 is 24.4 Å². The largest absolute Gasteiger partial charge is 0.408 e. The fourth-order valence-electron chi connectivity index (χ4n) is 3.53. The molecule has 0 bridgehead atoms. The molecule has 136 valence electrons. The standard InChI is InChI=1S/C16H24F3N3O2/c1-10(20-13(23)8-15(24)6-4-5-7-15)14-11(2)21-22(12(14)3)9-16(17,18)19/h10,24H,4-9H2,1-3H3,(H,20,23). The van der Waals surface area contributed by atoms with Gasteiger partial charge in [0.15, 0.2) is 0 Å². The van der Waals surface area contributed by atoms with Crippen LogP contribution in [0, 0.1) is 13.8 Å². The summed E-state index contributed by atoms with van der Waals surface area (Å²) in [6, 6.07) is -0.468. The van der Waals surface area contributed by atoms with Crippen molar-refractivity contribution in [3.05, 3.63) is 17.0 Å². The molecule has 1 atom stereocenters. The van der Waals surface area contributed by atoms with Crippen LogP contribution in [0.3, 0.4) is 0 Å². The zero-order chi connectivity index (χ0) is 18.1. The summed E-state index contributed by atoms with van der Waals surface area (Å²) in [6.45, 7) is 3.75. The number of carbonyl (C=O) groups is 1. The Morgan fingerprint density at radius 2 is 1.96 bits per heavy atom. The Labute approximate surface area is 139 Å². The van der Waals surface area contributed by atoms with Gasteiger partial charge in [-0.2, -0.15) is 18.3 Å². The molecule has 8 heteroatoms. The second kappa shape index (κ2) is 6.74. The van der Waals surface area contributed by atoms with Gasteiger partial charge in [0.1, 0.15) is 6.54 Å². The summed E-state index contributed by atoms with van der Waals surface area (Å²) in [5, 5.41) is 17.0. The summed E-state index contributed by atoms with van der Waals surface area (Å²) in [6.07, 6.45) is -1.30. The van der Waals surface area contributed by atoms with Crippen molar-refractivity contribution in [2.75, 3.05) is 0 Å². The normalized spacial score (nSPS) is 18.6. The van der Waals surface area contributed by atoms with E-state index in [1.807, 2.05) is 0 Å². The number of aromatic nitrogens is 2. The second-order valence-corrected chi connectivity index (χ2v) is 6.75. The Kier molecular flexibility index (Phi) is 5.27. The Hall–Kier alpha value is -1.57. The van der Waals surface area contributed by atoms with Crippen LogP contribution in [0.4, 0.5) is 13.2 Å². The zero-order valence-corrected chi connectivity index (χ0v) is 14.2. The van der Waals surface area contributed by atoms with Gasteiger partial charge in [0.05, 0.1) is 23.8 Å². The lowest BCUT2D eigenvalue weighted by Gasteiger charge is -2.23. The van der Waals surface area contributed by atoms with E-state index >= 15 is 0 Å². The van der Waals surface area contributed by atoms with Crippen LogP contribution >= 0.6 is 0 Å². The van der Waals surface area contributed by atoms with Crippen molar-refractivity contribution in [1.29, 1.82) is 0 Å². The van der Waals surface area contributed by atoms with Gasteiger partial charge in [0, 0.05) is 11.3 Å². The lowest BCUT2D eigenvalue weighted by molar-refractivity contribution is -0.143. The summed E-state index contributed by atoms with van der Waals surface area (Å²) in [5.74, 6) is -0.297. The predicted octanol–water partition coefficient (Wildman–Crippen LogP) is 2.93. The molecular weight excluding hydrogens is 323 g/mol. The van der Waals surface area contributed by atoms with Crippen LogP contribution in [0.5, 0.6) is 0 Å². The molecule has 5 nitrogen and oxygen atoms in total. The number of carbonyl (C=O) groups excluding carboxylic acids is 1. The van der Waals surface area contributed by atoms with E-state index in [1.54, 1.807) is 20.8 Å². The molecule has 24 heavy (non-hydrogen) atoms. The molecule has 2 N–H and O–H groups in total. The number of aliphatic hydroxyl groups is 1. The first-order chi connectivity index (χ1) is 11.0. The van der Waals surface area contributed by atoms with Gasteiger partial charge in [-0.15, -0.1) is 0 Å². The van der Waals surface area contributed by atoms with Gasteiger partial charge >= 0.3 is 6.18 Å². The van der Waals surface area contributed by atoms with E-state index in [4.69, 9.17) is 0 Å². The number of nitrogens with one attached hydrogen (secondary N) is 1. The molecule has 1 heterocycles. The predicted molar refractivity (Wildman–Crippen MR) is 82.3 cm³/mol. The Bertz CT molecular complexity index is 604. The number of hydrogen-bond acceptors (Lipinski definition) is 3. The number of rotatable bonds is 5. The number of halogens is 3. The topological polar surface area (TPSA) is 67.2 Å². The summed E-state index contributed by atoms with van der Waals surface area (Å²) in [5.41, 5.74) is 0.487. The van der Waals surface area contributed by atoms with Crippen LogP contribution in [-0.2, 0) is 11.3 Å². The molecule has 1 aliphatic carbocycles. The monoisotopic (exact) mass is 347 g/mol. The van der Waals surface area contributed by atoms with Gasteiger partial charge in [0.2, 0.25) is 5.91 Å². The molecule has 0 saturated heterocycles. The summed E-state index contributed by atoms with van der Waals surface area (Å²) in [7, 11) is 0. The lowest BCUT2D eigenvalue weighted by Crippen LogP contribution is -2.36. The third kappa shape index (κ3) is 4.49. The van der Waals surface area contributed by atoms with Crippen molar-refractivity contribution in [2.45, 2.75) is 77.2 Å². The van der Waals surface area contributed by atoms with Crippen molar-refractivity contribution < 1.29 is 23.1 Å². The van der Waals surface area contributed by atoms with Crippen molar-refractivity contribution >= 4 is 5.91 Å². The van der Waals surface area contributed by atoms with E-state index in [9.17, 15) is 23.1 Å². The lowest BCUT2D eigenvalue weighted by atomic mass is 9.97. The minimum atomic E-state index is -4.35. The van der Waals surface area contributed by atoms with Crippen LogP contribution in [0.2, 0.25) is 0 Å². The minimum Gasteiger partial charge on any atom is -0.389 e. The van der Waals surface area contributed by atoms with Gasteiger partial charge in [-0.05, 0) is 33.6 Å². The zero-order valence-electron chi connectivity index (χ0n) is 14.2. The number of aryl methyl sites for hydroxylation is 1. The quantitative estimate of drug-likeness (QED) is 0.861. The molecule has 2 rings (SSSR count). The molecule has 1 unspecified atom stereocenters. The molecule has 0 spiro atoms. The SMILES string of the molecule is Cc1nn(CC(F)(F)F)c(C)c1C(C)NC(=O)CC1(O)CCCC1. The highest BCUT2D eigenvalue weighted by molar-refractivity contribution is 5.77. The van der Waals surface area contributed by atoms with Crippen molar-refractivity contribution in [2.24, 2.45) is 0 Å². The highest BCUT2D eigenvalue weighted by Gasteiger charge is 2.34. The van der Waals surface area contributed by atoms with Crippen LogP contribution in [0.25, 0.3) is 0 Å². The van der Waals surface area contributed by atoms with E-state index in [0.29, 0.717) is 29.8 Å². The average molecular weight is 347 g/mol.